The van der Waals surface area contributed by atoms with Crippen molar-refractivity contribution >= 4 is 34.3 Å². The number of hydrogen-bond acceptors (Lipinski definition) is 8. The van der Waals surface area contributed by atoms with Gasteiger partial charge in [0.15, 0.2) is 11.6 Å². The number of anilines is 2. The Hall–Kier alpha value is -2.71. The Morgan fingerprint density at radius 1 is 1.11 bits per heavy atom. The molecule has 0 amide bonds. The highest BCUT2D eigenvalue weighted by Gasteiger charge is 2.21. The maximum absolute atomic E-state index is 6.25. The standard InChI is InChI=1S/C19H21ClN6O2/c1-25(11-13-3-5-14(27-2)6-4-13)17-16-15(21-12-22-17)18(24-19(20)23-16)26-7-9-28-10-8-26/h3-6,12H,7-11H2,1-2H3. The Morgan fingerprint density at radius 3 is 2.57 bits per heavy atom. The normalized spacial score (nSPS) is 14.3. The van der Waals surface area contributed by atoms with E-state index in [1.54, 1.807) is 13.4 Å². The van der Waals surface area contributed by atoms with Gasteiger partial charge in [-0.1, -0.05) is 12.1 Å². The summed E-state index contributed by atoms with van der Waals surface area (Å²) in [7, 11) is 3.63. The van der Waals surface area contributed by atoms with E-state index in [9.17, 15) is 0 Å². The third-order valence-corrected chi connectivity index (χ3v) is 4.84. The van der Waals surface area contributed by atoms with Crippen LogP contribution in [-0.4, -0.2) is 60.4 Å². The maximum atomic E-state index is 6.25. The molecule has 9 heteroatoms. The fourth-order valence-electron chi connectivity index (χ4n) is 3.25. The van der Waals surface area contributed by atoms with Crippen LogP contribution in [0.5, 0.6) is 5.75 Å². The highest BCUT2D eigenvalue weighted by molar-refractivity contribution is 6.29. The van der Waals surface area contributed by atoms with E-state index in [0.717, 1.165) is 30.2 Å². The van der Waals surface area contributed by atoms with E-state index >= 15 is 0 Å². The Bertz CT molecular complexity index is 963. The quantitative estimate of drug-likeness (QED) is 0.605. The number of hydrogen-bond donors (Lipinski definition) is 0. The third-order valence-electron chi connectivity index (χ3n) is 4.67. The lowest BCUT2D eigenvalue weighted by Crippen LogP contribution is -2.37. The van der Waals surface area contributed by atoms with E-state index < -0.39 is 0 Å². The predicted octanol–water partition coefficient (Wildman–Crippen LogP) is 2.55. The van der Waals surface area contributed by atoms with E-state index in [-0.39, 0.29) is 5.28 Å². The van der Waals surface area contributed by atoms with Crippen LogP contribution in [0.4, 0.5) is 11.6 Å². The molecular weight excluding hydrogens is 380 g/mol. The smallest absolute Gasteiger partial charge is 0.225 e. The monoisotopic (exact) mass is 400 g/mol. The second-order valence-corrected chi connectivity index (χ2v) is 6.85. The molecule has 0 N–H and O–H groups in total. The molecule has 0 unspecified atom stereocenters. The van der Waals surface area contributed by atoms with Gasteiger partial charge in [0.1, 0.15) is 23.1 Å². The van der Waals surface area contributed by atoms with Crippen LogP contribution in [0.25, 0.3) is 11.0 Å². The molecule has 0 aliphatic carbocycles. The van der Waals surface area contributed by atoms with Gasteiger partial charge in [-0.05, 0) is 29.3 Å². The lowest BCUT2D eigenvalue weighted by Gasteiger charge is -2.28. The van der Waals surface area contributed by atoms with Crippen LogP contribution >= 0.6 is 11.6 Å². The van der Waals surface area contributed by atoms with Gasteiger partial charge in [-0.15, -0.1) is 0 Å². The molecule has 0 bridgehead atoms. The number of nitrogens with zero attached hydrogens (tertiary/aromatic N) is 6. The summed E-state index contributed by atoms with van der Waals surface area (Å²) >= 11 is 6.25. The minimum Gasteiger partial charge on any atom is -0.497 e. The lowest BCUT2D eigenvalue weighted by molar-refractivity contribution is 0.122. The van der Waals surface area contributed by atoms with Gasteiger partial charge in [0.2, 0.25) is 5.28 Å². The molecule has 2 aromatic heterocycles. The van der Waals surface area contributed by atoms with Crippen molar-refractivity contribution in [3.8, 4) is 5.75 Å². The van der Waals surface area contributed by atoms with Crippen LogP contribution < -0.4 is 14.5 Å². The Labute approximate surface area is 168 Å². The summed E-state index contributed by atoms with van der Waals surface area (Å²) < 4.78 is 10.7. The van der Waals surface area contributed by atoms with E-state index in [1.807, 2.05) is 36.2 Å². The number of rotatable bonds is 5. The molecule has 1 aromatic carbocycles. The largest absolute Gasteiger partial charge is 0.497 e. The van der Waals surface area contributed by atoms with Crippen molar-refractivity contribution in [2.45, 2.75) is 6.54 Å². The summed E-state index contributed by atoms with van der Waals surface area (Å²) in [5.74, 6) is 2.26. The van der Waals surface area contributed by atoms with Crippen molar-refractivity contribution in [1.29, 1.82) is 0 Å². The first kappa shape index (κ1) is 18.6. The number of halogens is 1. The lowest BCUT2D eigenvalue weighted by atomic mass is 10.2. The van der Waals surface area contributed by atoms with E-state index in [2.05, 4.69) is 24.8 Å². The highest BCUT2D eigenvalue weighted by atomic mass is 35.5. The summed E-state index contributed by atoms with van der Waals surface area (Å²) in [5.41, 5.74) is 2.46. The number of aromatic nitrogens is 4. The zero-order chi connectivity index (χ0) is 19.5. The molecule has 1 aliphatic heterocycles. The summed E-state index contributed by atoms with van der Waals surface area (Å²) in [4.78, 5) is 21.9. The first-order chi connectivity index (χ1) is 13.7. The van der Waals surface area contributed by atoms with Crippen LogP contribution in [0.1, 0.15) is 5.56 Å². The molecule has 0 radical (unpaired) electrons. The zero-order valence-electron chi connectivity index (χ0n) is 15.8. The number of methoxy groups -OCH3 is 1. The summed E-state index contributed by atoms with van der Waals surface area (Å²) in [6.07, 6.45) is 1.55. The van der Waals surface area contributed by atoms with Crippen LogP contribution in [0.15, 0.2) is 30.6 Å². The first-order valence-corrected chi connectivity index (χ1v) is 9.38. The van der Waals surface area contributed by atoms with Crippen LogP contribution in [0.3, 0.4) is 0 Å². The van der Waals surface area contributed by atoms with Crippen molar-refractivity contribution in [2.75, 3.05) is 50.3 Å². The zero-order valence-corrected chi connectivity index (χ0v) is 16.6. The van der Waals surface area contributed by atoms with Crippen molar-refractivity contribution < 1.29 is 9.47 Å². The maximum Gasteiger partial charge on any atom is 0.225 e. The van der Waals surface area contributed by atoms with Gasteiger partial charge >= 0.3 is 0 Å². The number of morpholine rings is 1. The average Bonchev–Trinajstić information content (AvgIpc) is 2.74. The Balaban J connectivity index is 1.69. The van der Waals surface area contributed by atoms with Crippen LogP contribution in [0.2, 0.25) is 5.28 Å². The molecule has 28 heavy (non-hydrogen) atoms. The first-order valence-electron chi connectivity index (χ1n) is 9.00. The number of fused-ring (bicyclic) bond motifs is 1. The van der Waals surface area contributed by atoms with Gasteiger partial charge < -0.3 is 19.3 Å². The average molecular weight is 401 g/mol. The molecule has 0 atom stereocenters. The number of ether oxygens (including phenoxy) is 2. The van der Waals surface area contributed by atoms with Crippen molar-refractivity contribution in [3.05, 3.63) is 41.4 Å². The minimum atomic E-state index is 0.183. The van der Waals surface area contributed by atoms with Gasteiger partial charge in [-0.3, -0.25) is 0 Å². The third kappa shape index (κ3) is 3.79. The van der Waals surface area contributed by atoms with Crippen LogP contribution in [-0.2, 0) is 11.3 Å². The Morgan fingerprint density at radius 2 is 1.86 bits per heavy atom. The summed E-state index contributed by atoms with van der Waals surface area (Å²) in [6, 6.07) is 7.94. The van der Waals surface area contributed by atoms with Gasteiger partial charge in [0.25, 0.3) is 0 Å². The second-order valence-electron chi connectivity index (χ2n) is 6.51. The van der Waals surface area contributed by atoms with Crippen molar-refractivity contribution in [2.24, 2.45) is 0 Å². The molecule has 0 saturated carbocycles. The molecule has 0 spiro atoms. The SMILES string of the molecule is COc1ccc(CN(C)c2ncnc3c(N4CCOCC4)nc(Cl)nc23)cc1. The van der Waals surface area contributed by atoms with Crippen molar-refractivity contribution in [1.82, 2.24) is 19.9 Å². The highest BCUT2D eigenvalue weighted by Crippen LogP contribution is 2.29. The molecule has 1 fully saturated rings. The summed E-state index contributed by atoms with van der Waals surface area (Å²) in [5, 5.41) is 0.183. The number of benzene rings is 1. The van der Waals surface area contributed by atoms with Gasteiger partial charge in [-0.2, -0.15) is 4.98 Å². The van der Waals surface area contributed by atoms with Crippen molar-refractivity contribution in [3.63, 3.8) is 0 Å². The summed E-state index contributed by atoms with van der Waals surface area (Å²) in [6.45, 7) is 3.44. The topological polar surface area (TPSA) is 76.5 Å². The van der Waals surface area contributed by atoms with E-state index in [1.165, 1.54) is 0 Å². The van der Waals surface area contributed by atoms with Gasteiger partial charge in [0, 0.05) is 26.7 Å². The molecule has 3 aromatic rings. The molecule has 1 saturated heterocycles. The molecule has 3 heterocycles. The second kappa shape index (κ2) is 8.12. The predicted molar refractivity (Wildman–Crippen MR) is 108 cm³/mol. The van der Waals surface area contributed by atoms with Crippen LogP contribution in [0, 0.1) is 0 Å². The van der Waals surface area contributed by atoms with E-state index in [4.69, 9.17) is 21.1 Å². The van der Waals surface area contributed by atoms with E-state index in [0.29, 0.717) is 36.6 Å². The molecule has 4 rings (SSSR count). The van der Waals surface area contributed by atoms with Gasteiger partial charge in [-0.25, -0.2) is 15.0 Å². The van der Waals surface area contributed by atoms with Gasteiger partial charge in [0.05, 0.1) is 20.3 Å². The molecule has 146 valence electrons. The fraction of sp³-hybridized carbons (Fsp3) is 0.368. The molecular formula is C19H21ClN6O2. The minimum absolute atomic E-state index is 0.183. The Kier molecular flexibility index (Phi) is 5.40. The fourth-order valence-corrected chi connectivity index (χ4v) is 3.41. The molecule has 8 nitrogen and oxygen atoms in total. The molecule has 1 aliphatic rings.